The zero-order chi connectivity index (χ0) is 10.1. The molecule has 1 heterocycles. The summed E-state index contributed by atoms with van der Waals surface area (Å²) in [6.07, 6.45) is 2.01. The van der Waals surface area contributed by atoms with Gasteiger partial charge in [-0.1, -0.05) is 17.7 Å². The normalized spacial score (nSPS) is 11.1. The fourth-order valence-electron chi connectivity index (χ4n) is 1.45. The number of rotatable bonds is 2. The van der Waals surface area contributed by atoms with Gasteiger partial charge in [0, 0.05) is 20.7 Å². The van der Waals surface area contributed by atoms with E-state index in [2.05, 4.69) is 0 Å². The fourth-order valence-corrected chi connectivity index (χ4v) is 3.79. The van der Waals surface area contributed by atoms with E-state index in [0.29, 0.717) is 0 Å². The molecule has 14 heavy (non-hydrogen) atoms. The molecule has 0 spiro atoms. The minimum Gasteiger partial charge on any atom is -0.392 e. The summed E-state index contributed by atoms with van der Waals surface area (Å²) in [6, 6.07) is 5.83. The number of halogens is 1. The molecule has 2 aromatic rings. The molecule has 1 nitrogen and oxygen atoms in total. The maximum Gasteiger partial charge on any atom is 0.0707 e. The number of thiophene rings is 1. The Balaban J connectivity index is 2.81. The Hall–Kier alpha value is -0.220. The lowest BCUT2D eigenvalue weighted by Gasteiger charge is -1.98. The van der Waals surface area contributed by atoms with E-state index < -0.39 is 0 Å². The average molecular weight is 245 g/mol. The Morgan fingerprint density at radius 2 is 2.29 bits per heavy atom. The van der Waals surface area contributed by atoms with Crippen LogP contribution in [-0.2, 0) is 6.61 Å². The first kappa shape index (κ1) is 10.3. The largest absolute Gasteiger partial charge is 0.392 e. The second kappa shape index (κ2) is 4.11. The maximum absolute atomic E-state index is 9.30. The van der Waals surface area contributed by atoms with E-state index in [4.69, 9.17) is 11.6 Å². The summed E-state index contributed by atoms with van der Waals surface area (Å²) in [5, 5.41) is 11.0. The quantitative estimate of drug-likeness (QED) is 0.812. The van der Waals surface area contributed by atoms with Crippen LogP contribution >= 0.6 is 34.7 Å². The number of hydrogen-bond acceptors (Lipinski definition) is 3. The standard InChI is InChI=1S/C10H9ClOS2/c1-13-10-6(5-12)9-7(11)3-2-4-8(9)14-10/h2-4,12H,5H2,1H3. The second-order valence-electron chi connectivity index (χ2n) is 2.84. The van der Waals surface area contributed by atoms with Crippen molar-refractivity contribution in [3.05, 3.63) is 28.8 Å². The van der Waals surface area contributed by atoms with Crippen molar-refractivity contribution in [3.63, 3.8) is 0 Å². The molecule has 1 aromatic heterocycles. The van der Waals surface area contributed by atoms with Gasteiger partial charge in [0.25, 0.3) is 0 Å². The molecule has 0 fully saturated rings. The first-order valence-electron chi connectivity index (χ1n) is 4.12. The van der Waals surface area contributed by atoms with Gasteiger partial charge < -0.3 is 5.11 Å². The Labute approximate surface area is 95.7 Å². The van der Waals surface area contributed by atoms with Crippen LogP contribution in [0, 0.1) is 0 Å². The molecular formula is C10H9ClOS2. The minimum atomic E-state index is 0.0555. The first-order chi connectivity index (χ1) is 6.77. The van der Waals surface area contributed by atoms with Gasteiger partial charge in [-0.2, -0.15) is 0 Å². The van der Waals surface area contributed by atoms with Gasteiger partial charge in [0.05, 0.1) is 10.8 Å². The monoisotopic (exact) mass is 244 g/mol. The van der Waals surface area contributed by atoms with Crippen molar-refractivity contribution in [2.75, 3.05) is 6.26 Å². The van der Waals surface area contributed by atoms with E-state index in [1.54, 1.807) is 23.1 Å². The van der Waals surface area contributed by atoms with Crippen molar-refractivity contribution >= 4 is 44.8 Å². The highest BCUT2D eigenvalue weighted by atomic mass is 35.5. The van der Waals surface area contributed by atoms with Gasteiger partial charge in [-0.05, 0) is 18.4 Å². The van der Waals surface area contributed by atoms with E-state index in [9.17, 15) is 5.11 Å². The Morgan fingerprint density at radius 1 is 1.50 bits per heavy atom. The molecule has 2 rings (SSSR count). The summed E-state index contributed by atoms with van der Waals surface area (Å²) in [5.74, 6) is 0. The summed E-state index contributed by atoms with van der Waals surface area (Å²) in [7, 11) is 0. The molecule has 1 aromatic carbocycles. The molecule has 4 heteroatoms. The lowest BCUT2D eigenvalue weighted by molar-refractivity contribution is 0.281. The second-order valence-corrected chi connectivity index (χ2v) is 5.38. The van der Waals surface area contributed by atoms with Crippen LogP contribution in [0.4, 0.5) is 0 Å². The van der Waals surface area contributed by atoms with Crippen molar-refractivity contribution < 1.29 is 5.11 Å². The predicted octanol–water partition coefficient (Wildman–Crippen LogP) is 3.77. The Kier molecular flexibility index (Phi) is 3.02. The highest BCUT2D eigenvalue weighted by Gasteiger charge is 2.12. The average Bonchev–Trinajstić information content (AvgIpc) is 2.56. The lowest BCUT2D eigenvalue weighted by atomic mass is 10.2. The minimum absolute atomic E-state index is 0.0555. The molecule has 74 valence electrons. The van der Waals surface area contributed by atoms with Gasteiger partial charge in [-0.25, -0.2) is 0 Å². The van der Waals surface area contributed by atoms with E-state index in [0.717, 1.165) is 24.9 Å². The summed E-state index contributed by atoms with van der Waals surface area (Å²) in [5.41, 5.74) is 0.961. The van der Waals surface area contributed by atoms with Gasteiger partial charge in [0.15, 0.2) is 0 Å². The number of hydrogen-bond donors (Lipinski definition) is 1. The topological polar surface area (TPSA) is 20.2 Å². The number of fused-ring (bicyclic) bond motifs is 1. The molecule has 0 aliphatic rings. The first-order valence-corrected chi connectivity index (χ1v) is 6.54. The van der Waals surface area contributed by atoms with Crippen molar-refractivity contribution in [2.45, 2.75) is 10.8 Å². The molecule has 0 atom stereocenters. The van der Waals surface area contributed by atoms with Crippen molar-refractivity contribution in [1.29, 1.82) is 0 Å². The van der Waals surface area contributed by atoms with Crippen molar-refractivity contribution in [2.24, 2.45) is 0 Å². The summed E-state index contributed by atoms with van der Waals surface area (Å²) in [6.45, 7) is 0.0555. The van der Waals surface area contributed by atoms with Crippen LogP contribution in [0.5, 0.6) is 0 Å². The molecule has 0 bridgehead atoms. The molecule has 0 aliphatic heterocycles. The SMILES string of the molecule is CSc1sc2cccc(Cl)c2c1CO. The molecule has 0 saturated heterocycles. The number of thioether (sulfide) groups is 1. The van der Waals surface area contributed by atoms with Gasteiger partial charge in [-0.15, -0.1) is 23.1 Å². The van der Waals surface area contributed by atoms with Crippen LogP contribution in [0.1, 0.15) is 5.56 Å². The van der Waals surface area contributed by atoms with Crippen LogP contribution in [0.25, 0.3) is 10.1 Å². The molecule has 0 amide bonds. The zero-order valence-electron chi connectivity index (χ0n) is 7.58. The van der Waals surface area contributed by atoms with Gasteiger partial charge >= 0.3 is 0 Å². The van der Waals surface area contributed by atoms with E-state index in [1.807, 2.05) is 24.5 Å². The van der Waals surface area contributed by atoms with Gasteiger partial charge in [-0.3, -0.25) is 0 Å². The third kappa shape index (κ3) is 1.54. The third-order valence-electron chi connectivity index (χ3n) is 2.07. The van der Waals surface area contributed by atoms with Crippen LogP contribution in [0.2, 0.25) is 5.02 Å². The number of benzene rings is 1. The van der Waals surface area contributed by atoms with Gasteiger partial charge in [0.2, 0.25) is 0 Å². The number of aliphatic hydroxyl groups is 1. The van der Waals surface area contributed by atoms with E-state index >= 15 is 0 Å². The van der Waals surface area contributed by atoms with E-state index in [-0.39, 0.29) is 6.61 Å². The highest BCUT2D eigenvalue weighted by molar-refractivity contribution is 8.00. The predicted molar refractivity (Wildman–Crippen MR) is 64.5 cm³/mol. The van der Waals surface area contributed by atoms with Crippen LogP contribution < -0.4 is 0 Å². The molecule has 0 aliphatic carbocycles. The molecule has 0 unspecified atom stereocenters. The Morgan fingerprint density at radius 3 is 2.93 bits per heavy atom. The van der Waals surface area contributed by atoms with Crippen molar-refractivity contribution in [1.82, 2.24) is 0 Å². The summed E-state index contributed by atoms with van der Waals surface area (Å²) in [4.78, 5) is 0. The fraction of sp³-hybridized carbons (Fsp3) is 0.200. The maximum atomic E-state index is 9.30. The smallest absolute Gasteiger partial charge is 0.0707 e. The zero-order valence-corrected chi connectivity index (χ0v) is 9.97. The molecular weight excluding hydrogens is 236 g/mol. The number of aliphatic hydroxyl groups excluding tert-OH is 1. The highest BCUT2D eigenvalue weighted by Crippen LogP contribution is 2.40. The third-order valence-corrected chi connectivity index (χ3v) is 4.74. The van der Waals surface area contributed by atoms with Crippen LogP contribution in [-0.4, -0.2) is 11.4 Å². The van der Waals surface area contributed by atoms with Gasteiger partial charge in [0.1, 0.15) is 0 Å². The molecule has 0 radical (unpaired) electrons. The Bertz CT molecular complexity index is 464. The van der Waals surface area contributed by atoms with Crippen molar-refractivity contribution in [3.8, 4) is 0 Å². The van der Waals surface area contributed by atoms with E-state index in [1.165, 1.54) is 0 Å². The summed E-state index contributed by atoms with van der Waals surface area (Å²) < 4.78 is 2.29. The van der Waals surface area contributed by atoms with Crippen LogP contribution in [0.15, 0.2) is 22.4 Å². The lowest BCUT2D eigenvalue weighted by Crippen LogP contribution is -1.82. The molecule has 1 N–H and O–H groups in total. The molecule has 0 saturated carbocycles. The van der Waals surface area contributed by atoms with Crippen LogP contribution in [0.3, 0.4) is 0 Å². The summed E-state index contributed by atoms with van der Waals surface area (Å²) >= 11 is 9.43.